The molecular formula is C24H28FN3O. The molecule has 2 aromatic carbocycles. The molecular weight excluding hydrogens is 365 g/mol. The molecule has 0 spiro atoms. The summed E-state index contributed by atoms with van der Waals surface area (Å²) >= 11 is 0. The molecule has 1 amide bonds. The topological polar surface area (TPSA) is 46.9 Å². The molecule has 1 aromatic heterocycles. The Labute approximate surface area is 171 Å². The number of rotatable bonds is 4. The number of nitrogens with one attached hydrogen (secondary N) is 1. The molecule has 0 atom stereocenters. The monoisotopic (exact) mass is 393 g/mol. The minimum atomic E-state index is -0.339. The fourth-order valence-corrected chi connectivity index (χ4v) is 3.42. The van der Waals surface area contributed by atoms with E-state index in [0.29, 0.717) is 17.9 Å². The average Bonchev–Trinajstić information content (AvgIpc) is 3.04. The summed E-state index contributed by atoms with van der Waals surface area (Å²) in [6, 6.07) is 11.9. The lowest BCUT2D eigenvalue weighted by atomic mass is 9.92. The predicted octanol–water partition coefficient (Wildman–Crippen LogP) is 5.55. The Morgan fingerprint density at radius 3 is 2.17 bits per heavy atom. The van der Waals surface area contributed by atoms with Gasteiger partial charge in [-0.3, -0.25) is 9.48 Å². The molecule has 5 heteroatoms. The number of hydrogen-bond acceptors (Lipinski definition) is 2. The molecule has 29 heavy (non-hydrogen) atoms. The Morgan fingerprint density at radius 1 is 1.03 bits per heavy atom. The molecule has 1 heterocycles. The van der Waals surface area contributed by atoms with Crippen molar-refractivity contribution in [2.45, 2.75) is 53.5 Å². The largest absolute Gasteiger partial charge is 0.321 e. The van der Waals surface area contributed by atoms with E-state index >= 15 is 0 Å². The summed E-state index contributed by atoms with van der Waals surface area (Å²) in [4.78, 5) is 13.0. The molecule has 3 aromatic rings. The number of aryl methyl sites for hydroxylation is 3. The molecule has 0 unspecified atom stereocenters. The van der Waals surface area contributed by atoms with Crippen molar-refractivity contribution >= 4 is 11.6 Å². The summed E-state index contributed by atoms with van der Waals surface area (Å²) in [6.07, 6.45) is 0. The summed E-state index contributed by atoms with van der Waals surface area (Å²) in [5.41, 5.74) is 6.43. The fraction of sp³-hybridized carbons (Fsp3) is 0.333. The van der Waals surface area contributed by atoms with Crippen LogP contribution in [-0.2, 0) is 12.0 Å². The summed E-state index contributed by atoms with van der Waals surface area (Å²) in [5, 5.41) is 7.60. The first-order valence-electron chi connectivity index (χ1n) is 9.76. The zero-order valence-corrected chi connectivity index (χ0v) is 17.9. The number of halogens is 1. The highest BCUT2D eigenvalue weighted by molar-refractivity contribution is 6.03. The lowest BCUT2D eigenvalue weighted by Gasteiger charge is -2.15. The highest BCUT2D eigenvalue weighted by Gasteiger charge is 2.23. The van der Waals surface area contributed by atoms with Crippen molar-refractivity contribution in [3.63, 3.8) is 0 Å². The van der Waals surface area contributed by atoms with Crippen LogP contribution in [0.25, 0.3) is 0 Å². The second-order valence-corrected chi connectivity index (χ2v) is 8.66. The maximum Gasteiger partial charge on any atom is 0.273 e. The van der Waals surface area contributed by atoms with Crippen LogP contribution < -0.4 is 5.32 Å². The summed E-state index contributed by atoms with van der Waals surface area (Å²) in [5.74, 6) is -0.601. The number of hydrogen-bond donors (Lipinski definition) is 1. The average molecular weight is 394 g/mol. The molecule has 1 N–H and O–H groups in total. The third kappa shape index (κ3) is 4.73. The van der Waals surface area contributed by atoms with Gasteiger partial charge in [0.25, 0.3) is 5.91 Å². The molecule has 4 nitrogen and oxygen atoms in total. The number of nitrogens with zero attached hydrogens (tertiary/aromatic N) is 2. The van der Waals surface area contributed by atoms with Crippen LogP contribution in [0.2, 0.25) is 0 Å². The fourth-order valence-electron chi connectivity index (χ4n) is 3.42. The SMILES string of the molecule is Cc1cc(C)c(Cn2nc(C(C)(C)C)cc2C(=O)Nc2ccc(F)cc2)c(C)c1. The van der Waals surface area contributed by atoms with Crippen LogP contribution in [0.3, 0.4) is 0 Å². The van der Waals surface area contributed by atoms with E-state index in [1.54, 1.807) is 16.8 Å². The van der Waals surface area contributed by atoms with Crippen molar-refractivity contribution in [1.82, 2.24) is 9.78 Å². The van der Waals surface area contributed by atoms with E-state index in [2.05, 4.69) is 59.0 Å². The number of anilines is 1. The van der Waals surface area contributed by atoms with Crippen LogP contribution >= 0.6 is 0 Å². The molecule has 0 fully saturated rings. The third-order valence-electron chi connectivity index (χ3n) is 5.03. The Kier molecular flexibility index (Phi) is 5.60. The van der Waals surface area contributed by atoms with Gasteiger partial charge in [-0.1, -0.05) is 38.5 Å². The predicted molar refractivity (Wildman–Crippen MR) is 115 cm³/mol. The molecule has 152 valence electrons. The zero-order valence-electron chi connectivity index (χ0n) is 17.9. The van der Waals surface area contributed by atoms with E-state index in [1.165, 1.54) is 28.8 Å². The Hall–Kier alpha value is -2.95. The standard InChI is InChI=1S/C24H28FN3O/c1-15-11-16(2)20(17(3)12-15)14-28-21(13-22(27-28)24(4,5)6)23(29)26-19-9-7-18(25)8-10-19/h7-13H,14H2,1-6H3,(H,26,29). The number of benzene rings is 2. The lowest BCUT2D eigenvalue weighted by molar-refractivity contribution is 0.101. The van der Waals surface area contributed by atoms with E-state index in [4.69, 9.17) is 5.10 Å². The van der Waals surface area contributed by atoms with Crippen LogP contribution in [0.5, 0.6) is 0 Å². The molecule has 0 radical (unpaired) electrons. The molecule has 0 aliphatic rings. The molecule has 0 saturated carbocycles. The van der Waals surface area contributed by atoms with Crippen molar-refractivity contribution in [3.8, 4) is 0 Å². The van der Waals surface area contributed by atoms with Gasteiger partial charge in [0.2, 0.25) is 0 Å². The number of carbonyl (C=O) groups is 1. The van der Waals surface area contributed by atoms with Crippen molar-refractivity contribution < 1.29 is 9.18 Å². The summed E-state index contributed by atoms with van der Waals surface area (Å²) in [6.45, 7) is 13.0. The smallest absolute Gasteiger partial charge is 0.273 e. The molecule has 0 saturated heterocycles. The van der Waals surface area contributed by atoms with Gasteiger partial charge in [0.05, 0.1) is 12.2 Å². The zero-order chi connectivity index (χ0) is 21.3. The summed E-state index contributed by atoms with van der Waals surface area (Å²) in [7, 11) is 0. The second kappa shape index (κ2) is 7.82. The first-order chi connectivity index (χ1) is 13.5. The highest BCUT2D eigenvalue weighted by Crippen LogP contribution is 2.24. The van der Waals surface area contributed by atoms with E-state index in [9.17, 15) is 9.18 Å². The van der Waals surface area contributed by atoms with Gasteiger partial charge in [0, 0.05) is 11.1 Å². The lowest BCUT2D eigenvalue weighted by Crippen LogP contribution is -2.19. The van der Waals surface area contributed by atoms with Crippen molar-refractivity contribution in [3.05, 3.63) is 81.9 Å². The Morgan fingerprint density at radius 2 is 1.62 bits per heavy atom. The Bertz CT molecular complexity index is 1020. The second-order valence-electron chi connectivity index (χ2n) is 8.66. The van der Waals surface area contributed by atoms with Crippen molar-refractivity contribution in [1.29, 1.82) is 0 Å². The molecule has 0 aliphatic carbocycles. The minimum absolute atomic E-state index is 0.187. The Balaban J connectivity index is 1.99. The molecule has 0 aliphatic heterocycles. The van der Waals surface area contributed by atoms with Gasteiger partial charge in [-0.05, 0) is 67.8 Å². The van der Waals surface area contributed by atoms with E-state index in [1.807, 2.05) is 6.07 Å². The van der Waals surface area contributed by atoms with Gasteiger partial charge >= 0.3 is 0 Å². The van der Waals surface area contributed by atoms with Gasteiger partial charge in [0.15, 0.2) is 0 Å². The van der Waals surface area contributed by atoms with Crippen LogP contribution in [0.1, 0.15) is 59.2 Å². The van der Waals surface area contributed by atoms with Gasteiger partial charge in [-0.25, -0.2) is 4.39 Å². The van der Waals surface area contributed by atoms with Gasteiger partial charge in [0.1, 0.15) is 11.5 Å². The minimum Gasteiger partial charge on any atom is -0.321 e. The van der Waals surface area contributed by atoms with Crippen molar-refractivity contribution in [2.75, 3.05) is 5.32 Å². The van der Waals surface area contributed by atoms with Crippen LogP contribution in [0.15, 0.2) is 42.5 Å². The molecule has 3 rings (SSSR count). The number of carbonyl (C=O) groups excluding carboxylic acids is 1. The third-order valence-corrected chi connectivity index (χ3v) is 5.03. The summed E-state index contributed by atoms with van der Waals surface area (Å²) < 4.78 is 14.9. The highest BCUT2D eigenvalue weighted by atomic mass is 19.1. The maximum absolute atomic E-state index is 13.2. The van der Waals surface area contributed by atoms with Crippen molar-refractivity contribution in [2.24, 2.45) is 0 Å². The normalized spacial score (nSPS) is 11.6. The van der Waals surface area contributed by atoms with Gasteiger partial charge in [-0.2, -0.15) is 5.10 Å². The maximum atomic E-state index is 13.2. The first-order valence-corrected chi connectivity index (χ1v) is 9.76. The van der Waals surface area contributed by atoms with Gasteiger partial charge in [-0.15, -0.1) is 0 Å². The number of aromatic nitrogens is 2. The van der Waals surface area contributed by atoms with Gasteiger partial charge < -0.3 is 5.32 Å². The first kappa shape index (κ1) is 20.8. The van der Waals surface area contributed by atoms with Crippen LogP contribution in [0.4, 0.5) is 10.1 Å². The van der Waals surface area contributed by atoms with Crippen LogP contribution in [0, 0.1) is 26.6 Å². The van der Waals surface area contributed by atoms with E-state index in [-0.39, 0.29) is 17.1 Å². The van der Waals surface area contributed by atoms with Crippen LogP contribution in [-0.4, -0.2) is 15.7 Å². The molecule has 0 bridgehead atoms. The van der Waals surface area contributed by atoms with E-state index < -0.39 is 0 Å². The number of amides is 1. The van der Waals surface area contributed by atoms with E-state index in [0.717, 1.165) is 11.3 Å². The quantitative estimate of drug-likeness (QED) is 0.632.